The minimum absolute atomic E-state index is 0.252. The third-order valence-corrected chi connectivity index (χ3v) is 7.27. The number of amides is 2. The van der Waals surface area contributed by atoms with Crippen LogP contribution in [0.2, 0.25) is 0 Å². The summed E-state index contributed by atoms with van der Waals surface area (Å²) in [4.78, 5) is 30.7. The molecule has 2 aliphatic heterocycles. The van der Waals surface area contributed by atoms with Gasteiger partial charge in [0.25, 0.3) is 0 Å². The molecule has 9 nitrogen and oxygen atoms in total. The normalized spacial score (nSPS) is 22.4. The number of carbonyl (C=O) groups excluding carboxylic acids is 2. The van der Waals surface area contributed by atoms with E-state index >= 15 is 0 Å². The molecule has 1 atom stereocenters. The van der Waals surface area contributed by atoms with Crippen LogP contribution in [0.1, 0.15) is 50.6 Å². The summed E-state index contributed by atoms with van der Waals surface area (Å²) in [5, 5.41) is 5.79. The average Bonchev–Trinajstić information content (AvgIpc) is 2.89. The van der Waals surface area contributed by atoms with Crippen LogP contribution in [0.15, 0.2) is 29.5 Å². The SMILES string of the molecule is CCOC(=O)C1=C(CN2CCN(C3CCCCC3)CC2)NC(=O)N[C@H]1c1ccc(OC)c(OC)c1. The van der Waals surface area contributed by atoms with Crippen LogP contribution >= 0.6 is 0 Å². The number of carbonyl (C=O) groups is 2. The number of piperazine rings is 1. The van der Waals surface area contributed by atoms with Crippen molar-refractivity contribution >= 4 is 12.0 Å². The summed E-state index contributed by atoms with van der Waals surface area (Å²) in [6.45, 7) is 6.35. The van der Waals surface area contributed by atoms with Crippen LogP contribution in [0.25, 0.3) is 0 Å². The number of benzene rings is 1. The maximum absolute atomic E-state index is 13.1. The molecule has 0 radical (unpaired) electrons. The van der Waals surface area contributed by atoms with E-state index < -0.39 is 12.0 Å². The monoisotopic (exact) mass is 486 g/mol. The molecule has 2 N–H and O–H groups in total. The maximum atomic E-state index is 13.1. The van der Waals surface area contributed by atoms with Gasteiger partial charge in [0.05, 0.1) is 32.4 Å². The summed E-state index contributed by atoms with van der Waals surface area (Å²) < 4.78 is 16.2. The minimum Gasteiger partial charge on any atom is -0.493 e. The first-order valence-corrected chi connectivity index (χ1v) is 12.7. The second kappa shape index (κ2) is 11.8. The molecule has 1 aromatic rings. The van der Waals surface area contributed by atoms with E-state index in [2.05, 4.69) is 20.4 Å². The molecule has 1 saturated heterocycles. The third kappa shape index (κ3) is 5.90. The molecule has 1 aromatic carbocycles. The number of nitrogens with one attached hydrogen (secondary N) is 2. The van der Waals surface area contributed by atoms with Gasteiger partial charge < -0.3 is 24.8 Å². The molecule has 2 heterocycles. The molecule has 2 fully saturated rings. The van der Waals surface area contributed by atoms with Gasteiger partial charge in [-0.05, 0) is 37.5 Å². The zero-order valence-corrected chi connectivity index (χ0v) is 21.1. The maximum Gasteiger partial charge on any atom is 0.338 e. The highest BCUT2D eigenvalue weighted by Crippen LogP contribution is 2.34. The number of rotatable bonds is 8. The van der Waals surface area contributed by atoms with Gasteiger partial charge in [-0.25, -0.2) is 9.59 Å². The predicted molar refractivity (Wildman–Crippen MR) is 132 cm³/mol. The molecule has 9 heteroatoms. The van der Waals surface area contributed by atoms with Crippen LogP contribution < -0.4 is 20.1 Å². The zero-order chi connectivity index (χ0) is 24.8. The molecule has 0 bridgehead atoms. The topological polar surface area (TPSA) is 92.4 Å². The number of hydrogen-bond donors (Lipinski definition) is 2. The zero-order valence-electron chi connectivity index (χ0n) is 21.1. The van der Waals surface area contributed by atoms with E-state index in [1.165, 1.54) is 32.1 Å². The van der Waals surface area contributed by atoms with Crippen molar-refractivity contribution in [1.29, 1.82) is 0 Å². The van der Waals surface area contributed by atoms with E-state index in [-0.39, 0.29) is 12.6 Å². The van der Waals surface area contributed by atoms with Crippen LogP contribution in [0.4, 0.5) is 4.79 Å². The standard InChI is InChI=1S/C26H38N4O5/c1-4-35-25(31)23-20(17-29-12-14-30(15-13-29)19-8-6-5-7-9-19)27-26(32)28-24(23)18-10-11-21(33-2)22(16-18)34-3/h10-11,16,19,24H,4-9,12-15,17H2,1-3H3,(H2,27,28,32)/t24-/m0/s1. The summed E-state index contributed by atoms with van der Waals surface area (Å²) in [6, 6.07) is 5.10. The molecule has 0 unspecified atom stereocenters. The smallest absolute Gasteiger partial charge is 0.338 e. The average molecular weight is 487 g/mol. The molecule has 4 rings (SSSR count). The first-order chi connectivity index (χ1) is 17.0. The van der Waals surface area contributed by atoms with E-state index in [0.29, 0.717) is 35.4 Å². The Balaban J connectivity index is 1.56. The lowest BCUT2D eigenvalue weighted by Crippen LogP contribution is -2.53. The van der Waals surface area contributed by atoms with E-state index in [4.69, 9.17) is 14.2 Å². The summed E-state index contributed by atoms with van der Waals surface area (Å²) in [5.74, 6) is 0.672. The van der Waals surface area contributed by atoms with Crippen LogP contribution in [-0.4, -0.2) is 81.4 Å². The molecule has 0 spiro atoms. The van der Waals surface area contributed by atoms with Gasteiger partial charge in [0.15, 0.2) is 11.5 Å². The third-order valence-electron chi connectivity index (χ3n) is 7.27. The second-order valence-corrected chi connectivity index (χ2v) is 9.36. The molecule has 0 aromatic heterocycles. The second-order valence-electron chi connectivity index (χ2n) is 9.36. The van der Waals surface area contributed by atoms with Crippen molar-refractivity contribution in [2.24, 2.45) is 0 Å². The molecule has 35 heavy (non-hydrogen) atoms. The van der Waals surface area contributed by atoms with Crippen LogP contribution in [0.5, 0.6) is 11.5 Å². The number of esters is 1. The summed E-state index contributed by atoms with van der Waals surface area (Å²) in [6.07, 6.45) is 6.62. The summed E-state index contributed by atoms with van der Waals surface area (Å²) in [5.41, 5.74) is 1.74. The van der Waals surface area contributed by atoms with Gasteiger partial charge in [-0.2, -0.15) is 0 Å². The van der Waals surface area contributed by atoms with Crippen molar-refractivity contribution in [3.63, 3.8) is 0 Å². The Morgan fingerprint density at radius 1 is 1.03 bits per heavy atom. The number of methoxy groups -OCH3 is 2. The first-order valence-electron chi connectivity index (χ1n) is 12.7. The number of nitrogens with zero attached hydrogens (tertiary/aromatic N) is 2. The van der Waals surface area contributed by atoms with Crippen molar-refractivity contribution in [3.8, 4) is 11.5 Å². The molecular weight excluding hydrogens is 448 g/mol. The van der Waals surface area contributed by atoms with Gasteiger partial charge >= 0.3 is 12.0 Å². The van der Waals surface area contributed by atoms with Crippen molar-refractivity contribution in [3.05, 3.63) is 35.0 Å². The molecular formula is C26H38N4O5. The van der Waals surface area contributed by atoms with E-state index in [1.54, 1.807) is 33.3 Å². The van der Waals surface area contributed by atoms with Gasteiger partial charge in [-0.3, -0.25) is 9.80 Å². The first kappa shape index (κ1) is 25.3. The summed E-state index contributed by atoms with van der Waals surface area (Å²) in [7, 11) is 3.13. The lowest BCUT2D eigenvalue weighted by Gasteiger charge is -2.41. The Morgan fingerprint density at radius 3 is 2.40 bits per heavy atom. The van der Waals surface area contributed by atoms with Crippen molar-refractivity contribution in [1.82, 2.24) is 20.4 Å². The van der Waals surface area contributed by atoms with E-state index in [1.807, 2.05) is 6.07 Å². The highest BCUT2D eigenvalue weighted by molar-refractivity contribution is 5.95. The Labute approximate surface area is 207 Å². The quantitative estimate of drug-likeness (QED) is 0.546. The number of hydrogen-bond acceptors (Lipinski definition) is 7. The highest BCUT2D eigenvalue weighted by Gasteiger charge is 2.35. The molecule has 1 aliphatic carbocycles. The van der Waals surface area contributed by atoms with Gasteiger partial charge in [-0.15, -0.1) is 0 Å². The lowest BCUT2D eigenvalue weighted by atomic mass is 9.93. The Morgan fingerprint density at radius 2 is 1.74 bits per heavy atom. The fourth-order valence-electron chi connectivity index (χ4n) is 5.43. The van der Waals surface area contributed by atoms with E-state index in [0.717, 1.165) is 31.7 Å². The molecule has 1 saturated carbocycles. The fraction of sp³-hybridized carbons (Fsp3) is 0.615. The largest absolute Gasteiger partial charge is 0.493 e. The Kier molecular flexibility index (Phi) is 8.51. The molecule has 3 aliphatic rings. The lowest BCUT2D eigenvalue weighted by molar-refractivity contribution is -0.139. The fourth-order valence-corrected chi connectivity index (χ4v) is 5.43. The predicted octanol–water partition coefficient (Wildman–Crippen LogP) is 2.83. The van der Waals surface area contributed by atoms with Crippen LogP contribution in [0, 0.1) is 0 Å². The highest BCUT2D eigenvalue weighted by atomic mass is 16.5. The molecule has 2 amide bonds. The minimum atomic E-state index is -0.652. The van der Waals surface area contributed by atoms with Crippen molar-refractivity contribution < 1.29 is 23.8 Å². The van der Waals surface area contributed by atoms with Crippen LogP contribution in [0.3, 0.4) is 0 Å². The van der Waals surface area contributed by atoms with E-state index in [9.17, 15) is 9.59 Å². The number of urea groups is 1. The summed E-state index contributed by atoms with van der Waals surface area (Å²) >= 11 is 0. The number of ether oxygens (including phenoxy) is 3. The Hall–Kier alpha value is -2.78. The molecule has 192 valence electrons. The van der Waals surface area contributed by atoms with Gasteiger partial charge in [0.2, 0.25) is 0 Å². The van der Waals surface area contributed by atoms with Gasteiger partial charge in [0, 0.05) is 44.5 Å². The van der Waals surface area contributed by atoms with Gasteiger partial charge in [-0.1, -0.05) is 25.3 Å². The van der Waals surface area contributed by atoms with Crippen molar-refractivity contribution in [2.75, 3.05) is 53.6 Å². The Bertz CT molecular complexity index is 936. The van der Waals surface area contributed by atoms with Crippen LogP contribution in [-0.2, 0) is 9.53 Å². The van der Waals surface area contributed by atoms with Crippen molar-refractivity contribution in [2.45, 2.75) is 51.1 Å². The van der Waals surface area contributed by atoms with Gasteiger partial charge in [0.1, 0.15) is 0 Å².